The lowest BCUT2D eigenvalue weighted by Gasteiger charge is -2.41. The first kappa shape index (κ1) is 15.4. The Labute approximate surface area is 136 Å². The van der Waals surface area contributed by atoms with E-state index in [1.54, 1.807) is 19.6 Å². The van der Waals surface area contributed by atoms with E-state index in [1.165, 1.54) is 0 Å². The highest BCUT2D eigenvalue weighted by atomic mass is 16.5. The van der Waals surface area contributed by atoms with Crippen molar-refractivity contribution in [3.63, 3.8) is 0 Å². The maximum absolute atomic E-state index is 12.5. The van der Waals surface area contributed by atoms with Gasteiger partial charge in [0.1, 0.15) is 5.75 Å². The van der Waals surface area contributed by atoms with Crippen LogP contribution in [0.15, 0.2) is 36.8 Å². The molecule has 0 radical (unpaired) electrons. The summed E-state index contributed by atoms with van der Waals surface area (Å²) in [7, 11) is 1.69. The van der Waals surface area contributed by atoms with Crippen LogP contribution >= 0.6 is 0 Å². The molecule has 1 aromatic carbocycles. The van der Waals surface area contributed by atoms with Gasteiger partial charge in [0.2, 0.25) is 5.91 Å². The number of nitrogens with one attached hydrogen (secondary N) is 1. The number of imidazole rings is 1. The van der Waals surface area contributed by atoms with Crippen molar-refractivity contribution in [2.24, 2.45) is 0 Å². The fourth-order valence-electron chi connectivity index (χ4n) is 3.08. The number of methoxy groups -OCH3 is 1. The van der Waals surface area contributed by atoms with Gasteiger partial charge in [0.15, 0.2) is 0 Å². The predicted molar refractivity (Wildman–Crippen MR) is 88.7 cm³/mol. The number of carbonyl (C=O) groups is 1. The zero-order chi connectivity index (χ0) is 16.2. The van der Waals surface area contributed by atoms with Gasteiger partial charge in [-0.3, -0.25) is 4.79 Å². The van der Waals surface area contributed by atoms with Crippen molar-refractivity contribution in [2.75, 3.05) is 31.6 Å². The van der Waals surface area contributed by atoms with Crippen molar-refractivity contribution in [2.45, 2.75) is 19.4 Å². The lowest BCUT2D eigenvalue weighted by Crippen LogP contribution is -2.54. The Morgan fingerprint density at radius 2 is 2.22 bits per heavy atom. The predicted octanol–water partition coefficient (Wildman–Crippen LogP) is 1.70. The van der Waals surface area contributed by atoms with Gasteiger partial charge in [-0.25, -0.2) is 4.98 Å². The van der Waals surface area contributed by atoms with Gasteiger partial charge in [0, 0.05) is 37.6 Å². The van der Waals surface area contributed by atoms with Crippen LogP contribution in [0.1, 0.15) is 12.6 Å². The molecule has 1 aromatic heterocycles. The van der Waals surface area contributed by atoms with Gasteiger partial charge in [-0.2, -0.15) is 0 Å². The molecule has 1 unspecified atom stereocenters. The SMILES string of the molecule is COc1ccccc1N1CCN(C(=O)Cc2cnc[nH]2)C(C)C1. The number of hydrogen-bond donors (Lipinski definition) is 1. The number of ether oxygens (including phenoxy) is 1. The van der Waals surface area contributed by atoms with Crippen LogP contribution in [0.3, 0.4) is 0 Å². The van der Waals surface area contributed by atoms with Crippen LogP contribution < -0.4 is 9.64 Å². The molecule has 2 aromatic rings. The standard InChI is InChI=1S/C17H22N4O2/c1-13-11-20(15-5-3-4-6-16(15)23-2)7-8-21(13)17(22)9-14-10-18-12-19-14/h3-6,10,12-13H,7-9,11H2,1-2H3,(H,18,19). The van der Waals surface area contributed by atoms with E-state index in [2.05, 4.69) is 27.9 Å². The van der Waals surface area contributed by atoms with Crippen molar-refractivity contribution in [1.82, 2.24) is 14.9 Å². The van der Waals surface area contributed by atoms with Crippen molar-refractivity contribution in [1.29, 1.82) is 0 Å². The van der Waals surface area contributed by atoms with E-state index in [0.717, 1.165) is 30.2 Å². The molecule has 1 N–H and O–H groups in total. The maximum atomic E-state index is 12.5. The third-order valence-electron chi connectivity index (χ3n) is 4.27. The smallest absolute Gasteiger partial charge is 0.228 e. The number of benzene rings is 1. The summed E-state index contributed by atoms with van der Waals surface area (Å²) in [6.07, 6.45) is 3.68. The van der Waals surface area contributed by atoms with E-state index in [-0.39, 0.29) is 11.9 Å². The number of aromatic nitrogens is 2. The highest BCUT2D eigenvalue weighted by molar-refractivity contribution is 5.79. The highest BCUT2D eigenvalue weighted by Gasteiger charge is 2.28. The Morgan fingerprint density at radius 3 is 2.91 bits per heavy atom. The number of aromatic amines is 1. The average molecular weight is 314 g/mol. The summed E-state index contributed by atoms with van der Waals surface area (Å²) in [4.78, 5) is 23.7. The molecule has 1 aliphatic heterocycles. The molecule has 1 atom stereocenters. The van der Waals surface area contributed by atoms with Crippen LogP contribution in [-0.4, -0.2) is 53.6 Å². The van der Waals surface area contributed by atoms with Crippen LogP contribution in [-0.2, 0) is 11.2 Å². The number of nitrogens with zero attached hydrogens (tertiary/aromatic N) is 3. The number of hydrogen-bond acceptors (Lipinski definition) is 4. The third-order valence-corrected chi connectivity index (χ3v) is 4.27. The van der Waals surface area contributed by atoms with E-state index in [1.807, 2.05) is 23.1 Å². The maximum Gasteiger partial charge on any atom is 0.228 e. The quantitative estimate of drug-likeness (QED) is 0.933. The fraction of sp³-hybridized carbons (Fsp3) is 0.412. The van der Waals surface area contributed by atoms with Gasteiger partial charge in [-0.1, -0.05) is 12.1 Å². The molecular weight excluding hydrogens is 292 g/mol. The zero-order valence-electron chi connectivity index (χ0n) is 13.5. The van der Waals surface area contributed by atoms with E-state index in [9.17, 15) is 4.79 Å². The topological polar surface area (TPSA) is 61.5 Å². The molecule has 6 nitrogen and oxygen atoms in total. The lowest BCUT2D eigenvalue weighted by atomic mass is 10.1. The number of carbonyl (C=O) groups excluding carboxylic acids is 1. The molecular formula is C17H22N4O2. The molecule has 1 fully saturated rings. The van der Waals surface area contributed by atoms with Crippen LogP contribution in [0.4, 0.5) is 5.69 Å². The average Bonchev–Trinajstić information content (AvgIpc) is 3.07. The van der Waals surface area contributed by atoms with E-state index in [0.29, 0.717) is 13.0 Å². The molecule has 3 rings (SSSR count). The monoisotopic (exact) mass is 314 g/mol. The summed E-state index contributed by atoms with van der Waals surface area (Å²) >= 11 is 0. The van der Waals surface area contributed by atoms with Gasteiger partial charge >= 0.3 is 0 Å². The number of H-pyrrole nitrogens is 1. The number of piperazine rings is 1. The molecule has 1 saturated heterocycles. The Bertz CT molecular complexity index is 656. The molecule has 0 aliphatic carbocycles. The Balaban J connectivity index is 1.66. The summed E-state index contributed by atoms with van der Waals surface area (Å²) in [5.41, 5.74) is 1.94. The van der Waals surface area contributed by atoms with Crippen LogP contribution in [0.25, 0.3) is 0 Å². The normalized spacial score (nSPS) is 18.1. The van der Waals surface area contributed by atoms with E-state index >= 15 is 0 Å². The highest BCUT2D eigenvalue weighted by Crippen LogP contribution is 2.29. The molecule has 1 aliphatic rings. The second kappa shape index (κ2) is 6.73. The minimum atomic E-state index is 0.140. The van der Waals surface area contributed by atoms with Gasteiger partial charge < -0.3 is 19.5 Å². The van der Waals surface area contributed by atoms with Crippen LogP contribution in [0.2, 0.25) is 0 Å². The summed E-state index contributed by atoms with van der Waals surface area (Å²) in [6, 6.07) is 8.17. The summed E-state index contributed by atoms with van der Waals surface area (Å²) in [6.45, 7) is 4.41. The Kier molecular flexibility index (Phi) is 4.50. The number of rotatable bonds is 4. The largest absolute Gasteiger partial charge is 0.495 e. The number of para-hydroxylation sites is 2. The second-order valence-electron chi connectivity index (χ2n) is 5.81. The number of anilines is 1. The minimum Gasteiger partial charge on any atom is -0.495 e. The van der Waals surface area contributed by atoms with Gasteiger partial charge in [0.05, 0.1) is 25.5 Å². The first-order valence-electron chi connectivity index (χ1n) is 7.83. The fourth-order valence-corrected chi connectivity index (χ4v) is 3.08. The van der Waals surface area contributed by atoms with E-state index in [4.69, 9.17) is 4.74 Å². The van der Waals surface area contributed by atoms with Crippen molar-refractivity contribution in [3.05, 3.63) is 42.5 Å². The molecule has 122 valence electrons. The molecule has 6 heteroatoms. The summed E-state index contributed by atoms with van der Waals surface area (Å²) in [5.74, 6) is 1.01. The minimum absolute atomic E-state index is 0.140. The third kappa shape index (κ3) is 3.31. The number of amides is 1. The molecule has 0 bridgehead atoms. The van der Waals surface area contributed by atoms with Crippen molar-refractivity contribution >= 4 is 11.6 Å². The lowest BCUT2D eigenvalue weighted by molar-refractivity contribution is -0.132. The van der Waals surface area contributed by atoms with Crippen LogP contribution in [0.5, 0.6) is 5.75 Å². The molecule has 1 amide bonds. The van der Waals surface area contributed by atoms with Crippen LogP contribution in [0, 0.1) is 0 Å². The summed E-state index contributed by atoms with van der Waals surface area (Å²) < 4.78 is 5.44. The Hall–Kier alpha value is -2.50. The first-order valence-corrected chi connectivity index (χ1v) is 7.83. The van der Waals surface area contributed by atoms with Gasteiger partial charge in [0.25, 0.3) is 0 Å². The van der Waals surface area contributed by atoms with E-state index < -0.39 is 0 Å². The Morgan fingerprint density at radius 1 is 1.39 bits per heavy atom. The van der Waals surface area contributed by atoms with Crippen molar-refractivity contribution < 1.29 is 9.53 Å². The molecule has 2 heterocycles. The van der Waals surface area contributed by atoms with Gasteiger partial charge in [-0.15, -0.1) is 0 Å². The molecule has 0 spiro atoms. The summed E-state index contributed by atoms with van der Waals surface area (Å²) in [5, 5.41) is 0. The molecule has 23 heavy (non-hydrogen) atoms. The van der Waals surface area contributed by atoms with Gasteiger partial charge in [-0.05, 0) is 19.1 Å². The molecule has 0 saturated carbocycles. The van der Waals surface area contributed by atoms with Crippen molar-refractivity contribution in [3.8, 4) is 5.75 Å². The zero-order valence-corrected chi connectivity index (χ0v) is 13.5. The second-order valence-corrected chi connectivity index (χ2v) is 5.81. The first-order chi connectivity index (χ1) is 11.2.